The van der Waals surface area contributed by atoms with Crippen molar-refractivity contribution < 1.29 is 4.79 Å². The van der Waals surface area contributed by atoms with Crippen molar-refractivity contribution in [2.24, 2.45) is 0 Å². The molecular weight excluding hydrogens is 156 g/mol. The minimum absolute atomic E-state index is 0.137. The standard InChI is InChI=1S/C7H12N4O/c1-3-11(2)7(12)9-6-4-5-8-10-6/h4-5H,3H2,1-2H3,(H2,8,9,10,12). The monoisotopic (exact) mass is 168 g/mol. The van der Waals surface area contributed by atoms with Gasteiger partial charge in [-0.05, 0) is 6.92 Å². The molecule has 1 aromatic heterocycles. The molecule has 2 N–H and O–H groups in total. The van der Waals surface area contributed by atoms with Crippen LogP contribution >= 0.6 is 0 Å². The molecule has 0 radical (unpaired) electrons. The molecule has 0 aromatic carbocycles. The van der Waals surface area contributed by atoms with Crippen LogP contribution in [0.3, 0.4) is 0 Å². The highest BCUT2D eigenvalue weighted by atomic mass is 16.2. The van der Waals surface area contributed by atoms with Crippen LogP contribution in [0.2, 0.25) is 0 Å². The Bertz CT molecular complexity index is 244. The van der Waals surface area contributed by atoms with E-state index in [-0.39, 0.29) is 6.03 Å². The average molecular weight is 168 g/mol. The SMILES string of the molecule is CCN(C)C(=O)Nc1ccn[nH]1. The van der Waals surface area contributed by atoms with E-state index in [4.69, 9.17) is 0 Å². The molecule has 5 nitrogen and oxygen atoms in total. The van der Waals surface area contributed by atoms with Crippen LogP contribution in [0, 0.1) is 0 Å². The fourth-order valence-electron chi connectivity index (χ4n) is 0.680. The number of urea groups is 1. The van der Waals surface area contributed by atoms with E-state index in [1.165, 1.54) is 0 Å². The maximum absolute atomic E-state index is 11.2. The maximum Gasteiger partial charge on any atom is 0.322 e. The quantitative estimate of drug-likeness (QED) is 0.689. The van der Waals surface area contributed by atoms with Crippen molar-refractivity contribution in [3.63, 3.8) is 0 Å². The minimum Gasteiger partial charge on any atom is -0.328 e. The van der Waals surface area contributed by atoms with Gasteiger partial charge in [-0.2, -0.15) is 5.10 Å². The molecule has 1 aromatic rings. The number of H-pyrrole nitrogens is 1. The highest BCUT2D eigenvalue weighted by Gasteiger charge is 2.05. The Balaban J connectivity index is 2.47. The molecular formula is C7H12N4O. The lowest BCUT2D eigenvalue weighted by Crippen LogP contribution is -2.31. The van der Waals surface area contributed by atoms with Gasteiger partial charge in [-0.25, -0.2) is 4.79 Å². The molecule has 5 heteroatoms. The van der Waals surface area contributed by atoms with Gasteiger partial charge in [-0.1, -0.05) is 0 Å². The van der Waals surface area contributed by atoms with E-state index in [0.717, 1.165) is 0 Å². The lowest BCUT2D eigenvalue weighted by Gasteiger charge is -2.13. The molecule has 1 heterocycles. The fraction of sp³-hybridized carbons (Fsp3) is 0.429. The van der Waals surface area contributed by atoms with Gasteiger partial charge in [-0.3, -0.25) is 10.4 Å². The topological polar surface area (TPSA) is 61.0 Å². The largest absolute Gasteiger partial charge is 0.328 e. The van der Waals surface area contributed by atoms with E-state index in [1.54, 1.807) is 24.2 Å². The first-order valence-electron chi connectivity index (χ1n) is 3.75. The number of carbonyl (C=O) groups excluding carboxylic acids is 1. The summed E-state index contributed by atoms with van der Waals surface area (Å²) in [7, 11) is 1.73. The predicted octanol–water partition coefficient (Wildman–Crippen LogP) is 0.893. The summed E-state index contributed by atoms with van der Waals surface area (Å²) in [5.74, 6) is 0.611. The first-order valence-corrected chi connectivity index (χ1v) is 3.75. The second-order valence-corrected chi connectivity index (χ2v) is 2.41. The zero-order chi connectivity index (χ0) is 8.97. The number of hydrogen-bond donors (Lipinski definition) is 2. The number of nitrogens with zero attached hydrogens (tertiary/aromatic N) is 2. The summed E-state index contributed by atoms with van der Waals surface area (Å²) in [5.41, 5.74) is 0. The molecule has 1 rings (SSSR count). The highest BCUT2D eigenvalue weighted by molar-refractivity contribution is 5.87. The third kappa shape index (κ3) is 1.98. The molecule has 0 aliphatic rings. The molecule has 0 atom stereocenters. The molecule has 0 aliphatic heterocycles. The Labute approximate surface area is 70.8 Å². The average Bonchev–Trinajstić information content (AvgIpc) is 2.55. The summed E-state index contributed by atoms with van der Waals surface area (Å²) in [6, 6.07) is 1.56. The Morgan fingerprint density at radius 3 is 3.08 bits per heavy atom. The van der Waals surface area contributed by atoms with E-state index in [0.29, 0.717) is 12.4 Å². The smallest absolute Gasteiger partial charge is 0.322 e. The third-order valence-electron chi connectivity index (χ3n) is 1.56. The summed E-state index contributed by atoms with van der Waals surface area (Å²) in [6.45, 7) is 2.59. The van der Waals surface area contributed by atoms with Crippen LogP contribution in [0.15, 0.2) is 12.3 Å². The van der Waals surface area contributed by atoms with Crippen molar-refractivity contribution in [1.82, 2.24) is 15.1 Å². The zero-order valence-electron chi connectivity index (χ0n) is 7.16. The van der Waals surface area contributed by atoms with E-state index < -0.39 is 0 Å². The molecule has 12 heavy (non-hydrogen) atoms. The van der Waals surface area contributed by atoms with Crippen LogP contribution in [0.5, 0.6) is 0 Å². The Kier molecular flexibility index (Phi) is 2.68. The molecule has 66 valence electrons. The first kappa shape index (κ1) is 8.58. The van der Waals surface area contributed by atoms with Gasteiger partial charge in [-0.15, -0.1) is 0 Å². The van der Waals surface area contributed by atoms with Gasteiger partial charge >= 0.3 is 6.03 Å². The van der Waals surface area contributed by atoms with E-state index in [2.05, 4.69) is 15.5 Å². The lowest BCUT2D eigenvalue weighted by molar-refractivity contribution is 0.224. The summed E-state index contributed by atoms with van der Waals surface area (Å²) in [6.07, 6.45) is 1.58. The predicted molar refractivity (Wildman–Crippen MR) is 45.9 cm³/mol. The summed E-state index contributed by atoms with van der Waals surface area (Å²) < 4.78 is 0. The third-order valence-corrected chi connectivity index (χ3v) is 1.56. The van der Waals surface area contributed by atoms with Crippen molar-refractivity contribution in [2.75, 3.05) is 18.9 Å². The number of aromatic amines is 1. The van der Waals surface area contributed by atoms with Crippen LogP contribution in [0.25, 0.3) is 0 Å². The number of amides is 2. The van der Waals surface area contributed by atoms with Crippen LogP contribution in [0.1, 0.15) is 6.92 Å². The highest BCUT2D eigenvalue weighted by Crippen LogP contribution is 1.99. The lowest BCUT2D eigenvalue weighted by atomic mass is 10.6. The molecule has 0 bridgehead atoms. The van der Waals surface area contributed by atoms with Gasteiger partial charge in [0.05, 0.1) is 6.20 Å². The van der Waals surface area contributed by atoms with Gasteiger partial charge in [0.15, 0.2) is 0 Å². The van der Waals surface area contributed by atoms with Crippen LogP contribution in [0.4, 0.5) is 10.6 Å². The molecule has 0 unspecified atom stereocenters. The van der Waals surface area contributed by atoms with Gasteiger partial charge in [0.2, 0.25) is 0 Å². The number of nitrogens with one attached hydrogen (secondary N) is 2. The molecule has 0 spiro atoms. The zero-order valence-corrected chi connectivity index (χ0v) is 7.16. The van der Waals surface area contributed by atoms with Crippen molar-refractivity contribution >= 4 is 11.8 Å². The van der Waals surface area contributed by atoms with E-state index >= 15 is 0 Å². The van der Waals surface area contributed by atoms with E-state index in [9.17, 15) is 4.79 Å². The number of aromatic nitrogens is 2. The van der Waals surface area contributed by atoms with Crippen molar-refractivity contribution in [3.05, 3.63) is 12.3 Å². The van der Waals surface area contributed by atoms with Gasteiger partial charge in [0, 0.05) is 19.7 Å². The summed E-state index contributed by atoms with van der Waals surface area (Å²) >= 11 is 0. The molecule has 0 aliphatic carbocycles. The molecule has 0 fully saturated rings. The van der Waals surface area contributed by atoms with Gasteiger partial charge < -0.3 is 4.90 Å². The van der Waals surface area contributed by atoms with Crippen LogP contribution in [-0.2, 0) is 0 Å². The van der Waals surface area contributed by atoms with Crippen molar-refractivity contribution in [1.29, 1.82) is 0 Å². The summed E-state index contributed by atoms with van der Waals surface area (Å²) in [4.78, 5) is 12.8. The Hall–Kier alpha value is -1.52. The summed E-state index contributed by atoms with van der Waals surface area (Å²) in [5, 5.41) is 8.98. The van der Waals surface area contributed by atoms with Crippen molar-refractivity contribution in [2.45, 2.75) is 6.92 Å². The Morgan fingerprint density at radius 2 is 2.58 bits per heavy atom. The van der Waals surface area contributed by atoms with Gasteiger partial charge in [0.25, 0.3) is 0 Å². The van der Waals surface area contributed by atoms with Gasteiger partial charge in [0.1, 0.15) is 5.82 Å². The number of hydrogen-bond acceptors (Lipinski definition) is 2. The first-order chi connectivity index (χ1) is 5.74. The maximum atomic E-state index is 11.2. The fourth-order valence-corrected chi connectivity index (χ4v) is 0.680. The second-order valence-electron chi connectivity index (χ2n) is 2.41. The number of carbonyl (C=O) groups is 1. The van der Waals surface area contributed by atoms with Crippen LogP contribution < -0.4 is 5.32 Å². The molecule has 0 saturated carbocycles. The number of rotatable bonds is 2. The minimum atomic E-state index is -0.137. The molecule has 0 saturated heterocycles. The second kappa shape index (κ2) is 3.75. The van der Waals surface area contributed by atoms with Crippen LogP contribution in [-0.4, -0.2) is 34.7 Å². The van der Waals surface area contributed by atoms with Crippen molar-refractivity contribution in [3.8, 4) is 0 Å². The normalized spacial score (nSPS) is 9.50. The number of anilines is 1. The molecule has 2 amide bonds. The van der Waals surface area contributed by atoms with E-state index in [1.807, 2.05) is 6.92 Å². The Morgan fingerprint density at radius 1 is 1.83 bits per heavy atom.